The molecule has 0 bridgehead atoms. The van der Waals surface area contributed by atoms with Crippen LogP contribution in [0.25, 0.3) is 0 Å². The van der Waals surface area contributed by atoms with Gasteiger partial charge in [0.15, 0.2) is 15.6 Å². The zero-order chi connectivity index (χ0) is 23.3. The smallest absolute Gasteiger partial charge is 0.159 e. The van der Waals surface area contributed by atoms with Crippen molar-refractivity contribution in [2.75, 3.05) is 43.7 Å². The Labute approximate surface area is 190 Å². The molecule has 1 N–H and O–H groups in total. The van der Waals surface area contributed by atoms with Crippen molar-refractivity contribution in [3.05, 3.63) is 59.7 Å². The maximum Gasteiger partial charge on any atom is 0.159 e. The Morgan fingerprint density at radius 2 is 1.78 bits per heavy atom. The quantitative estimate of drug-likeness (QED) is 0.545. The van der Waals surface area contributed by atoms with Crippen LogP contribution in [0.15, 0.2) is 48.5 Å². The van der Waals surface area contributed by atoms with Gasteiger partial charge in [-0.25, -0.2) is 8.42 Å². The minimum Gasteiger partial charge on any atom is -0.491 e. The van der Waals surface area contributed by atoms with Gasteiger partial charge in [0.2, 0.25) is 0 Å². The third kappa shape index (κ3) is 6.79. The molecule has 174 valence electrons. The molecule has 2 aromatic rings. The molecule has 3 rings (SSSR count). The van der Waals surface area contributed by atoms with Gasteiger partial charge in [-0.3, -0.25) is 9.69 Å². The standard InChI is InChI=1S/C24H32N2O5S/c1-18(27)20-6-10-24(11-7-20)31-16-23(28)15-26(22-12-13-32(29,30)17-22)14-19-4-8-21(9-5-19)25(2)3/h4-11,22-23,28H,12-17H2,1-3H3. The Hall–Kier alpha value is -2.42. The minimum absolute atomic E-state index is 0.0163. The molecule has 0 aliphatic carbocycles. The Bertz CT molecular complexity index is 1000. The third-order valence-electron chi connectivity index (χ3n) is 5.71. The number of hydrogen-bond donors (Lipinski definition) is 1. The third-order valence-corrected chi connectivity index (χ3v) is 7.46. The number of benzene rings is 2. The molecule has 0 aromatic heterocycles. The van der Waals surface area contributed by atoms with E-state index < -0.39 is 15.9 Å². The van der Waals surface area contributed by atoms with Gasteiger partial charge in [0.1, 0.15) is 18.5 Å². The molecule has 2 atom stereocenters. The molecule has 7 nitrogen and oxygen atoms in total. The monoisotopic (exact) mass is 460 g/mol. The summed E-state index contributed by atoms with van der Waals surface area (Å²) >= 11 is 0. The van der Waals surface area contributed by atoms with Gasteiger partial charge in [-0.05, 0) is 55.3 Å². The van der Waals surface area contributed by atoms with Crippen LogP contribution in [0.2, 0.25) is 0 Å². The SMILES string of the molecule is CC(=O)c1ccc(OCC(O)CN(Cc2ccc(N(C)C)cc2)C2CCS(=O)(=O)C2)cc1. The Morgan fingerprint density at radius 1 is 1.12 bits per heavy atom. The first kappa shape index (κ1) is 24.2. The van der Waals surface area contributed by atoms with Crippen LogP contribution in [0.3, 0.4) is 0 Å². The number of Topliss-reactive ketones (excluding diaryl/α,β-unsaturated/α-hetero) is 1. The first-order valence-corrected chi connectivity index (χ1v) is 12.6. The lowest BCUT2D eigenvalue weighted by Gasteiger charge is -2.30. The summed E-state index contributed by atoms with van der Waals surface area (Å²) in [7, 11) is 0.920. The number of aliphatic hydroxyl groups is 1. The summed E-state index contributed by atoms with van der Waals surface area (Å²) in [4.78, 5) is 15.5. The van der Waals surface area contributed by atoms with Gasteiger partial charge >= 0.3 is 0 Å². The van der Waals surface area contributed by atoms with Crippen LogP contribution in [0.1, 0.15) is 29.3 Å². The van der Waals surface area contributed by atoms with E-state index in [4.69, 9.17) is 4.74 Å². The highest BCUT2D eigenvalue weighted by atomic mass is 32.2. The second-order valence-electron chi connectivity index (χ2n) is 8.59. The summed E-state index contributed by atoms with van der Waals surface area (Å²) < 4.78 is 29.8. The van der Waals surface area contributed by atoms with Gasteiger partial charge in [0.05, 0.1) is 11.5 Å². The fraction of sp³-hybridized carbons (Fsp3) is 0.458. The number of anilines is 1. The number of hydrogen-bond acceptors (Lipinski definition) is 7. The van der Waals surface area contributed by atoms with Crippen LogP contribution in [0.5, 0.6) is 5.75 Å². The molecular formula is C24H32N2O5S. The van der Waals surface area contributed by atoms with Crippen molar-refractivity contribution in [1.82, 2.24) is 4.90 Å². The fourth-order valence-corrected chi connectivity index (χ4v) is 5.60. The van der Waals surface area contributed by atoms with Gasteiger partial charge in [0.25, 0.3) is 0 Å². The molecule has 0 spiro atoms. The molecule has 0 saturated carbocycles. The molecular weight excluding hydrogens is 428 g/mol. The number of ether oxygens (including phenoxy) is 1. The maximum absolute atomic E-state index is 12.0. The number of carbonyl (C=O) groups excluding carboxylic acids is 1. The van der Waals surface area contributed by atoms with E-state index >= 15 is 0 Å². The van der Waals surface area contributed by atoms with Gasteiger partial charge in [-0.1, -0.05) is 12.1 Å². The van der Waals surface area contributed by atoms with E-state index in [2.05, 4.69) is 0 Å². The second kappa shape index (κ2) is 10.5. The number of carbonyl (C=O) groups is 1. The lowest BCUT2D eigenvalue weighted by molar-refractivity contribution is 0.0524. The molecule has 0 radical (unpaired) electrons. The van der Waals surface area contributed by atoms with Crippen LogP contribution >= 0.6 is 0 Å². The molecule has 1 fully saturated rings. The molecule has 1 aliphatic heterocycles. The molecule has 32 heavy (non-hydrogen) atoms. The second-order valence-corrected chi connectivity index (χ2v) is 10.8. The molecule has 2 unspecified atom stereocenters. The normalized spacial score (nSPS) is 18.5. The zero-order valence-corrected chi connectivity index (χ0v) is 19.7. The Kier molecular flexibility index (Phi) is 7.92. The summed E-state index contributed by atoms with van der Waals surface area (Å²) in [5.41, 5.74) is 2.76. The summed E-state index contributed by atoms with van der Waals surface area (Å²) in [6.07, 6.45) is -0.218. The van der Waals surface area contributed by atoms with E-state index in [9.17, 15) is 18.3 Å². The van der Waals surface area contributed by atoms with Crippen molar-refractivity contribution in [1.29, 1.82) is 0 Å². The van der Waals surface area contributed by atoms with E-state index in [1.807, 2.05) is 48.2 Å². The van der Waals surface area contributed by atoms with Crippen LogP contribution in [-0.2, 0) is 16.4 Å². The van der Waals surface area contributed by atoms with Gasteiger partial charge < -0.3 is 14.7 Å². The van der Waals surface area contributed by atoms with E-state index in [1.54, 1.807) is 24.3 Å². The molecule has 1 saturated heterocycles. The lowest BCUT2D eigenvalue weighted by atomic mass is 10.1. The van der Waals surface area contributed by atoms with Crippen LogP contribution < -0.4 is 9.64 Å². The minimum atomic E-state index is -3.04. The summed E-state index contributed by atoms with van der Waals surface area (Å²) in [5, 5.41) is 10.6. The van der Waals surface area contributed by atoms with Crippen molar-refractivity contribution in [3.63, 3.8) is 0 Å². The van der Waals surface area contributed by atoms with Gasteiger partial charge in [0, 0.05) is 44.5 Å². The Morgan fingerprint density at radius 3 is 2.31 bits per heavy atom. The van der Waals surface area contributed by atoms with E-state index in [0.717, 1.165) is 11.3 Å². The Balaban J connectivity index is 1.64. The predicted molar refractivity (Wildman–Crippen MR) is 126 cm³/mol. The lowest BCUT2D eigenvalue weighted by Crippen LogP contribution is -2.42. The summed E-state index contributed by atoms with van der Waals surface area (Å²) in [5.74, 6) is 0.853. The van der Waals surface area contributed by atoms with Crippen molar-refractivity contribution >= 4 is 21.3 Å². The average molecular weight is 461 g/mol. The first-order chi connectivity index (χ1) is 15.1. The van der Waals surface area contributed by atoms with E-state index in [-0.39, 0.29) is 29.9 Å². The number of nitrogens with zero attached hydrogens (tertiary/aromatic N) is 2. The van der Waals surface area contributed by atoms with Crippen LogP contribution in [-0.4, -0.2) is 75.1 Å². The van der Waals surface area contributed by atoms with Crippen molar-refractivity contribution in [2.24, 2.45) is 0 Å². The highest BCUT2D eigenvalue weighted by Crippen LogP contribution is 2.22. The summed E-state index contributed by atoms with van der Waals surface area (Å²) in [6.45, 7) is 2.44. The topological polar surface area (TPSA) is 87.2 Å². The van der Waals surface area contributed by atoms with Crippen molar-refractivity contribution in [2.45, 2.75) is 32.0 Å². The predicted octanol–water partition coefficient (Wildman–Crippen LogP) is 2.38. The molecule has 8 heteroatoms. The summed E-state index contributed by atoms with van der Waals surface area (Å²) in [6, 6.07) is 14.8. The highest BCUT2D eigenvalue weighted by Gasteiger charge is 2.33. The van der Waals surface area contributed by atoms with Gasteiger partial charge in [-0.2, -0.15) is 0 Å². The van der Waals surface area contributed by atoms with E-state index in [0.29, 0.717) is 30.8 Å². The fourth-order valence-electron chi connectivity index (χ4n) is 3.84. The largest absolute Gasteiger partial charge is 0.491 e. The highest BCUT2D eigenvalue weighted by molar-refractivity contribution is 7.91. The zero-order valence-electron chi connectivity index (χ0n) is 18.9. The number of ketones is 1. The first-order valence-electron chi connectivity index (χ1n) is 10.8. The number of rotatable bonds is 10. The van der Waals surface area contributed by atoms with Crippen molar-refractivity contribution < 1.29 is 23.1 Å². The van der Waals surface area contributed by atoms with Crippen LogP contribution in [0.4, 0.5) is 5.69 Å². The maximum atomic E-state index is 12.0. The van der Waals surface area contributed by atoms with Crippen LogP contribution in [0, 0.1) is 0 Å². The average Bonchev–Trinajstić information content (AvgIpc) is 3.12. The molecule has 0 amide bonds. The van der Waals surface area contributed by atoms with Gasteiger partial charge in [-0.15, -0.1) is 0 Å². The van der Waals surface area contributed by atoms with Crippen molar-refractivity contribution in [3.8, 4) is 5.75 Å². The molecule has 1 heterocycles. The van der Waals surface area contributed by atoms with E-state index in [1.165, 1.54) is 6.92 Å². The molecule has 2 aromatic carbocycles. The number of sulfone groups is 1. The number of aliphatic hydroxyl groups excluding tert-OH is 1. The molecule has 1 aliphatic rings.